The fourth-order valence-corrected chi connectivity index (χ4v) is 4.40. The summed E-state index contributed by atoms with van der Waals surface area (Å²) in [4.78, 5) is 27.5. The summed E-state index contributed by atoms with van der Waals surface area (Å²) >= 11 is 12.4. The maximum Gasteiger partial charge on any atom is 0.300 e. The summed E-state index contributed by atoms with van der Waals surface area (Å²) in [6, 6.07) is 11.8. The van der Waals surface area contributed by atoms with Gasteiger partial charge in [-0.15, -0.1) is 0 Å². The van der Waals surface area contributed by atoms with Crippen molar-refractivity contribution in [2.24, 2.45) is 0 Å². The summed E-state index contributed by atoms with van der Waals surface area (Å²) in [5, 5.41) is 11.4. The number of carbonyl (C=O) groups is 2. The standard InChI is InChI=1S/C24H19Cl2NO6/c1-12-4-9-18(33-12)20-19(21(28)13-10-16(25)23(32-3)17(26)11-13)22(29)24(30)27(20)14-5-7-15(31-2)8-6-14/h4-11,20,28H,1-3H3/b21-19-. The van der Waals surface area contributed by atoms with Crippen LogP contribution in [0.1, 0.15) is 23.1 Å². The molecular weight excluding hydrogens is 469 g/mol. The number of anilines is 1. The molecule has 0 spiro atoms. The Kier molecular flexibility index (Phi) is 6.10. The third-order valence-electron chi connectivity index (χ3n) is 5.30. The van der Waals surface area contributed by atoms with Crippen LogP contribution in [0.2, 0.25) is 10.0 Å². The highest BCUT2D eigenvalue weighted by Crippen LogP contribution is 2.44. The average Bonchev–Trinajstić information content (AvgIpc) is 3.34. The van der Waals surface area contributed by atoms with Gasteiger partial charge in [0.05, 0.1) is 29.8 Å². The second-order valence-electron chi connectivity index (χ2n) is 7.29. The zero-order chi connectivity index (χ0) is 23.9. The molecule has 33 heavy (non-hydrogen) atoms. The van der Waals surface area contributed by atoms with Gasteiger partial charge in [-0.2, -0.15) is 0 Å². The maximum absolute atomic E-state index is 13.1. The fraction of sp³-hybridized carbons (Fsp3) is 0.167. The molecule has 1 aliphatic heterocycles. The van der Waals surface area contributed by atoms with Crippen LogP contribution in [0.15, 0.2) is 58.5 Å². The van der Waals surface area contributed by atoms with Crippen LogP contribution in [-0.4, -0.2) is 31.0 Å². The Hall–Kier alpha value is -3.42. The first-order valence-electron chi connectivity index (χ1n) is 9.81. The number of aliphatic hydroxyl groups excluding tert-OH is 1. The molecule has 1 atom stereocenters. The zero-order valence-corrected chi connectivity index (χ0v) is 19.4. The van der Waals surface area contributed by atoms with Crippen molar-refractivity contribution in [1.82, 2.24) is 0 Å². The van der Waals surface area contributed by atoms with Crippen LogP contribution < -0.4 is 14.4 Å². The summed E-state index contributed by atoms with van der Waals surface area (Å²) in [7, 11) is 2.93. The van der Waals surface area contributed by atoms with Gasteiger partial charge in [-0.3, -0.25) is 14.5 Å². The molecular formula is C24H19Cl2NO6. The molecule has 3 aromatic rings. The zero-order valence-electron chi connectivity index (χ0n) is 17.9. The number of Topliss-reactive ketones (excluding diaryl/α,β-unsaturated/α-hetero) is 1. The number of amides is 1. The smallest absolute Gasteiger partial charge is 0.300 e. The number of halogens is 2. The van der Waals surface area contributed by atoms with Gasteiger partial charge in [0.25, 0.3) is 11.7 Å². The molecule has 0 aliphatic carbocycles. The van der Waals surface area contributed by atoms with E-state index in [0.29, 0.717) is 23.0 Å². The van der Waals surface area contributed by atoms with E-state index >= 15 is 0 Å². The number of ether oxygens (including phenoxy) is 2. The average molecular weight is 488 g/mol. The molecule has 1 aliphatic rings. The number of aliphatic hydroxyl groups is 1. The Morgan fingerprint density at radius 3 is 2.15 bits per heavy atom. The minimum absolute atomic E-state index is 0.140. The number of benzene rings is 2. The van der Waals surface area contributed by atoms with Crippen molar-refractivity contribution in [3.8, 4) is 11.5 Å². The predicted octanol–water partition coefficient (Wildman–Crippen LogP) is 5.54. The minimum atomic E-state index is -1.01. The predicted molar refractivity (Wildman–Crippen MR) is 124 cm³/mol. The van der Waals surface area contributed by atoms with Crippen molar-refractivity contribution < 1.29 is 28.6 Å². The highest BCUT2D eigenvalue weighted by Gasteiger charge is 2.48. The molecule has 9 heteroatoms. The number of nitrogens with zero attached hydrogens (tertiary/aromatic N) is 1. The molecule has 0 bridgehead atoms. The van der Waals surface area contributed by atoms with Crippen LogP contribution >= 0.6 is 23.2 Å². The molecule has 0 saturated carbocycles. The Labute approximate surface area is 199 Å². The van der Waals surface area contributed by atoms with Crippen LogP contribution in [0.3, 0.4) is 0 Å². The van der Waals surface area contributed by atoms with Gasteiger partial charge in [-0.25, -0.2) is 0 Å². The quantitative estimate of drug-likeness (QED) is 0.288. The number of carbonyl (C=O) groups excluding carboxylic acids is 2. The number of rotatable bonds is 5. The highest BCUT2D eigenvalue weighted by atomic mass is 35.5. The molecule has 1 amide bonds. The lowest BCUT2D eigenvalue weighted by molar-refractivity contribution is -0.132. The van der Waals surface area contributed by atoms with Crippen molar-refractivity contribution in [2.45, 2.75) is 13.0 Å². The maximum atomic E-state index is 13.1. The van der Waals surface area contributed by atoms with E-state index in [4.69, 9.17) is 37.1 Å². The van der Waals surface area contributed by atoms with E-state index in [1.165, 1.54) is 31.3 Å². The van der Waals surface area contributed by atoms with E-state index in [1.807, 2.05) is 0 Å². The summed E-state index contributed by atoms with van der Waals surface area (Å²) in [6.07, 6.45) is 0. The van der Waals surface area contributed by atoms with Crippen molar-refractivity contribution >= 4 is 46.3 Å². The molecule has 0 radical (unpaired) electrons. The number of methoxy groups -OCH3 is 2. The summed E-state index contributed by atoms with van der Waals surface area (Å²) in [6.45, 7) is 1.74. The van der Waals surface area contributed by atoms with Crippen LogP contribution in [0, 0.1) is 6.92 Å². The van der Waals surface area contributed by atoms with Gasteiger partial charge in [0.2, 0.25) is 0 Å². The Morgan fingerprint density at radius 2 is 1.64 bits per heavy atom. The van der Waals surface area contributed by atoms with Gasteiger partial charge >= 0.3 is 0 Å². The van der Waals surface area contributed by atoms with Crippen LogP contribution in [0.25, 0.3) is 5.76 Å². The molecule has 1 aromatic heterocycles. The van der Waals surface area contributed by atoms with Crippen LogP contribution in [-0.2, 0) is 9.59 Å². The van der Waals surface area contributed by atoms with Crippen molar-refractivity contribution in [3.05, 3.63) is 81.2 Å². The lowest BCUT2D eigenvalue weighted by Crippen LogP contribution is -2.29. The molecule has 4 rings (SSSR count). The molecule has 1 saturated heterocycles. The van der Waals surface area contributed by atoms with E-state index < -0.39 is 23.5 Å². The monoisotopic (exact) mass is 487 g/mol. The largest absolute Gasteiger partial charge is 0.507 e. The lowest BCUT2D eigenvalue weighted by atomic mass is 9.99. The summed E-state index contributed by atoms with van der Waals surface area (Å²) in [5.74, 6) is -0.405. The second-order valence-corrected chi connectivity index (χ2v) is 8.10. The van der Waals surface area contributed by atoms with Gasteiger partial charge < -0.3 is 19.0 Å². The van der Waals surface area contributed by atoms with Gasteiger partial charge in [0, 0.05) is 11.3 Å². The second kappa shape index (κ2) is 8.84. The Bertz CT molecular complexity index is 1260. The van der Waals surface area contributed by atoms with E-state index in [0.717, 1.165) is 0 Å². The minimum Gasteiger partial charge on any atom is -0.507 e. The number of ketones is 1. The number of hydrogen-bond acceptors (Lipinski definition) is 6. The first-order valence-corrected chi connectivity index (χ1v) is 10.6. The van der Waals surface area contributed by atoms with Crippen molar-refractivity contribution in [3.63, 3.8) is 0 Å². The SMILES string of the molecule is COc1ccc(N2C(=O)C(=O)/C(=C(\O)c3cc(Cl)c(OC)c(Cl)c3)C2c2ccc(C)o2)cc1. The molecule has 2 aromatic carbocycles. The van der Waals surface area contributed by atoms with Crippen molar-refractivity contribution in [2.75, 3.05) is 19.1 Å². The molecule has 1 fully saturated rings. The van der Waals surface area contributed by atoms with Gasteiger partial charge in [-0.05, 0) is 55.5 Å². The summed E-state index contributed by atoms with van der Waals surface area (Å²) < 4.78 is 16.1. The Balaban J connectivity index is 1.92. The Morgan fingerprint density at radius 1 is 1.00 bits per heavy atom. The van der Waals surface area contributed by atoms with Crippen LogP contribution in [0.4, 0.5) is 5.69 Å². The summed E-state index contributed by atoms with van der Waals surface area (Å²) in [5.41, 5.74) is 0.441. The molecule has 1 unspecified atom stereocenters. The highest BCUT2D eigenvalue weighted by molar-refractivity contribution is 6.51. The molecule has 1 N–H and O–H groups in total. The number of aryl methyl sites for hydroxylation is 1. The van der Waals surface area contributed by atoms with Gasteiger partial charge in [0.1, 0.15) is 29.1 Å². The molecule has 170 valence electrons. The normalized spacial score (nSPS) is 17.5. The number of furan rings is 1. The van der Waals surface area contributed by atoms with E-state index in [1.54, 1.807) is 43.3 Å². The fourth-order valence-electron chi connectivity index (χ4n) is 3.76. The van der Waals surface area contributed by atoms with E-state index in [-0.39, 0.29) is 26.9 Å². The third-order valence-corrected chi connectivity index (χ3v) is 5.86. The third kappa shape index (κ3) is 3.94. The van der Waals surface area contributed by atoms with Gasteiger partial charge in [-0.1, -0.05) is 23.2 Å². The van der Waals surface area contributed by atoms with Gasteiger partial charge in [0.15, 0.2) is 5.75 Å². The van der Waals surface area contributed by atoms with Crippen molar-refractivity contribution in [1.29, 1.82) is 0 Å². The first-order chi connectivity index (χ1) is 15.8. The number of hydrogen-bond donors (Lipinski definition) is 1. The topological polar surface area (TPSA) is 89.2 Å². The molecule has 7 nitrogen and oxygen atoms in total. The first kappa shape index (κ1) is 22.8. The van der Waals surface area contributed by atoms with E-state index in [9.17, 15) is 14.7 Å². The lowest BCUT2D eigenvalue weighted by Gasteiger charge is -2.23. The van der Waals surface area contributed by atoms with E-state index in [2.05, 4.69) is 0 Å². The van der Waals surface area contributed by atoms with Crippen LogP contribution in [0.5, 0.6) is 11.5 Å². The molecule has 2 heterocycles.